The van der Waals surface area contributed by atoms with Gasteiger partial charge in [-0.25, -0.2) is 4.79 Å². The molecule has 3 fully saturated rings. The first-order valence-corrected chi connectivity index (χ1v) is 18.0. The van der Waals surface area contributed by atoms with E-state index in [1.54, 1.807) is 12.1 Å². The van der Waals surface area contributed by atoms with Gasteiger partial charge in [-0.05, 0) is 47.9 Å². The van der Waals surface area contributed by atoms with Gasteiger partial charge in [0.2, 0.25) is 0 Å². The number of methoxy groups -OCH3 is 2. The molecule has 1 unspecified atom stereocenters. The number of phenolic OH excluding ortho intramolecular Hbond substituents is 2. The van der Waals surface area contributed by atoms with Gasteiger partial charge in [-0.1, -0.05) is 12.1 Å². The molecule has 3 heterocycles. The minimum Gasteiger partial charge on any atom is -0.504 e. The summed E-state index contributed by atoms with van der Waals surface area (Å²) in [5, 5.41) is 116. The minimum absolute atomic E-state index is 0.0924. The largest absolute Gasteiger partial charge is 0.504 e. The van der Waals surface area contributed by atoms with Crippen molar-refractivity contribution < 1.29 is 98.9 Å². The topological polar surface area (TPSA) is 313 Å². The monoisotopic (exact) mass is 814 g/mol. The first-order chi connectivity index (χ1) is 27.2. The van der Waals surface area contributed by atoms with Gasteiger partial charge in [-0.15, -0.1) is 0 Å². The summed E-state index contributed by atoms with van der Waals surface area (Å²) >= 11 is 0. The van der Waals surface area contributed by atoms with Crippen LogP contribution in [0.2, 0.25) is 0 Å². The lowest BCUT2D eigenvalue weighted by atomic mass is 9.80. The van der Waals surface area contributed by atoms with E-state index in [1.807, 2.05) is 0 Å². The van der Waals surface area contributed by atoms with Crippen LogP contribution in [-0.2, 0) is 39.6 Å². The predicted octanol–water partition coefficient (Wildman–Crippen LogP) is -3.34. The highest BCUT2D eigenvalue weighted by molar-refractivity contribution is 5.87. The van der Waals surface area contributed by atoms with Crippen LogP contribution >= 0.6 is 0 Å². The zero-order valence-corrected chi connectivity index (χ0v) is 30.9. The van der Waals surface area contributed by atoms with Gasteiger partial charge in [-0.2, -0.15) is 0 Å². The molecule has 0 saturated carbocycles. The second-order valence-corrected chi connectivity index (χ2v) is 13.7. The lowest BCUT2D eigenvalue weighted by Crippen LogP contribution is -2.69. The summed E-state index contributed by atoms with van der Waals surface area (Å²) in [5.41, 5.74) is 1.13. The van der Waals surface area contributed by atoms with Gasteiger partial charge < -0.3 is 94.1 Å². The van der Waals surface area contributed by atoms with Crippen LogP contribution in [0.3, 0.4) is 0 Å². The van der Waals surface area contributed by atoms with Gasteiger partial charge in [0.25, 0.3) is 0 Å². The molecule has 57 heavy (non-hydrogen) atoms. The normalized spacial score (nSPS) is 35.9. The third-order valence-corrected chi connectivity index (χ3v) is 10.1. The minimum atomic E-state index is -1.95. The van der Waals surface area contributed by atoms with E-state index in [0.717, 1.165) is 6.08 Å². The summed E-state index contributed by atoms with van der Waals surface area (Å²) in [6.45, 7) is -2.43. The quantitative estimate of drug-likeness (QED) is 0.0619. The van der Waals surface area contributed by atoms with E-state index >= 15 is 0 Å². The molecule has 3 aliphatic heterocycles. The SMILES string of the molecule is COc1cc(/C=C/C(=O)OC[C@H]2O[C@@H](OCCc3ccc(O)c(OC)c3)[C@H](O)[C@@H](O[C@@H]3O[C@H](CO)[C@@H](O)[C@H](O)[C@H]3C3O[C@H](CO)[C@@H](O)[C@H](O)[C@H]3O)[C@@H]2O)ccc1O. The Balaban J connectivity index is 1.38. The number of carbonyl (C=O) groups is 1. The molecule has 0 spiro atoms. The van der Waals surface area contributed by atoms with Gasteiger partial charge >= 0.3 is 5.97 Å². The lowest BCUT2D eigenvalue weighted by molar-refractivity contribution is -0.370. The van der Waals surface area contributed by atoms with Crippen LogP contribution in [0.15, 0.2) is 42.5 Å². The average molecular weight is 815 g/mol. The number of phenols is 2. The highest BCUT2D eigenvalue weighted by Crippen LogP contribution is 2.38. The Morgan fingerprint density at radius 2 is 1.32 bits per heavy atom. The van der Waals surface area contributed by atoms with Crippen molar-refractivity contribution in [2.45, 2.75) is 92.2 Å². The standard InChI is InChI=1S/C37H50O20/c1-50-20-11-16(3-6-18(20)40)5-8-25(42)53-15-24-29(45)35(33(49)37(56-24)52-10-9-17-4-7-19(41)21(12-17)51-2)57-36-26(30(46)27(43)23(14-39)55-36)34-32(48)31(47)28(44)22(13-38)54-34/h3-8,11-12,22-24,26-41,43-49H,9-10,13-15H2,1-2H3/b8-5+/t22-,23-,24-,26+,27-,28-,29-,30-,31+,32-,33-,34?,35+,36+,37-/m1/s1. The third-order valence-electron chi connectivity index (χ3n) is 10.1. The zero-order chi connectivity index (χ0) is 41.6. The number of hydrogen-bond donors (Lipinski definition) is 11. The maximum absolute atomic E-state index is 12.8. The van der Waals surface area contributed by atoms with E-state index in [4.69, 9.17) is 37.9 Å². The Labute approximate surface area is 326 Å². The van der Waals surface area contributed by atoms with Crippen molar-refractivity contribution >= 4 is 12.0 Å². The average Bonchev–Trinajstić information content (AvgIpc) is 3.20. The number of ether oxygens (including phenoxy) is 8. The molecular formula is C37H50O20. The van der Waals surface area contributed by atoms with Crippen LogP contribution in [-0.4, -0.2) is 189 Å². The number of aromatic hydroxyl groups is 2. The van der Waals surface area contributed by atoms with Crippen LogP contribution in [0.1, 0.15) is 11.1 Å². The molecule has 0 aliphatic carbocycles. The fourth-order valence-corrected chi connectivity index (χ4v) is 6.86. The van der Waals surface area contributed by atoms with Crippen molar-refractivity contribution in [3.63, 3.8) is 0 Å². The van der Waals surface area contributed by atoms with E-state index in [1.165, 1.54) is 44.6 Å². The van der Waals surface area contributed by atoms with E-state index in [0.29, 0.717) is 11.1 Å². The van der Waals surface area contributed by atoms with E-state index in [-0.39, 0.29) is 36.0 Å². The number of aliphatic hydroxyl groups excluding tert-OH is 9. The molecule has 0 amide bonds. The Bertz CT molecular complexity index is 1640. The molecule has 2 aromatic carbocycles. The number of aliphatic hydroxyl groups is 9. The van der Waals surface area contributed by atoms with Gasteiger partial charge in [0.15, 0.2) is 35.6 Å². The van der Waals surface area contributed by atoms with Crippen LogP contribution in [0.5, 0.6) is 23.0 Å². The first-order valence-electron chi connectivity index (χ1n) is 18.0. The highest BCUT2D eigenvalue weighted by Gasteiger charge is 2.57. The van der Waals surface area contributed by atoms with Gasteiger partial charge in [0.1, 0.15) is 67.6 Å². The summed E-state index contributed by atoms with van der Waals surface area (Å²) < 4.78 is 44.7. The zero-order valence-electron chi connectivity index (χ0n) is 30.9. The fraction of sp³-hybridized carbons (Fsp3) is 0.595. The smallest absolute Gasteiger partial charge is 0.330 e. The van der Waals surface area contributed by atoms with Gasteiger partial charge in [0, 0.05) is 6.08 Å². The van der Waals surface area contributed by atoms with Gasteiger partial charge in [-0.3, -0.25) is 0 Å². The van der Waals surface area contributed by atoms with Crippen molar-refractivity contribution in [1.82, 2.24) is 0 Å². The molecule has 318 valence electrons. The van der Waals surface area contributed by atoms with E-state index in [9.17, 15) is 61.0 Å². The van der Waals surface area contributed by atoms with E-state index in [2.05, 4.69) is 0 Å². The van der Waals surface area contributed by atoms with Gasteiger partial charge in [0.05, 0.1) is 52.2 Å². The number of rotatable bonds is 15. The summed E-state index contributed by atoms with van der Waals surface area (Å²) in [4.78, 5) is 12.8. The number of hydrogen-bond acceptors (Lipinski definition) is 20. The molecule has 11 N–H and O–H groups in total. The van der Waals surface area contributed by atoms with Crippen LogP contribution < -0.4 is 9.47 Å². The molecule has 3 aliphatic rings. The molecule has 2 aromatic rings. The number of esters is 1. The third kappa shape index (κ3) is 10.1. The van der Waals surface area contributed by atoms with Crippen LogP contribution in [0, 0.1) is 5.92 Å². The molecule has 15 atom stereocenters. The molecule has 0 bridgehead atoms. The van der Waals surface area contributed by atoms with Crippen LogP contribution in [0.4, 0.5) is 0 Å². The van der Waals surface area contributed by atoms with Crippen molar-refractivity contribution in [3.05, 3.63) is 53.6 Å². The Morgan fingerprint density at radius 3 is 1.98 bits per heavy atom. The predicted molar refractivity (Wildman–Crippen MR) is 190 cm³/mol. The Hall–Kier alpha value is -3.71. The summed E-state index contributed by atoms with van der Waals surface area (Å²) in [7, 11) is 2.73. The van der Waals surface area contributed by atoms with Crippen LogP contribution in [0.25, 0.3) is 6.08 Å². The van der Waals surface area contributed by atoms with Crippen molar-refractivity contribution in [2.75, 3.05) is 40.6 Å². The fourth-order valence-electron chi connectivity index (χ4n) is 6.86. The lowest BCUT2D eigenvalue weighted by Gasteiger charge is -2.51. The van der Waals surface area contributed by atoms with Crippen molar-refractivity contribution in [3.8, 4) is 23.0 Å². The maximum atomic E-state index is 12.8. The number of carbonyl (C=O) groups excluding carboxylic acids is 1. The molecule has 0 aromatic heterocycles. The molecule has 20 nitrogen and oxygen atoms in total. The molecule has 5 rings (SSSR count). The summed E-state index contributed by atoms with van der Waals surface area (Å²) in [6, 6.07) is 8.92. The van der Waals surface area contributed by atoms with Crippen molar-refractivity contribution in [2.24, 2.45) is 5.92 Å². The molecule has 20 heteroatoms. The Morgan fingerprint density at radius 1 is 0.702 bits per heavy atom. The number of benzene rings is 2. The molecule has 0 radical (unpaired) electrons. The second-order valence-electron chi connectivity index (χ2n) is 13.7. The summed E-state index contributed by atoms with van der Waals surface area (Å²) in [5.74, 6) is -2.39. The highest BCUT2D eigenvalue weighted by atomic mass is 16.7. The molecular weight excluding hydrogens is 764 g/mol. The molecule has 3 saturated heterocycles. The second kappa shape index (κ2) is 19.8. The first kappa shape index (κ1) is 44.4. The Kier molecular flexibility index (Phi) is 15.4. The van der Waals surface area contributed by atoms with E-state index < -0.39 is 118 Å². The summed E-state index contributed by atoms with van der Waals surface area (Å²) in [6.07, 6.45) is -21.7. The van der Waals surface area contributed by atoms with Crippen molar-refractivity contribution in [1.29, 1.82) is 0 Å². The maximum Gasteiger partial charge on any atom is 0.330 e.